The Morgan fingerprint density at radius 3 is 2.55 bits per heavy atom. The first kappa shape index (κ1) is 27.3. The second-order valence-corrected chi connectivity index (χ2v) is 10.9. The number of anilines is 1. The van der Waals surface area contributed by atoms with Gasteiger partial charge in [0.25, 0.3) is 5.91 Å². The zero-order valence-corrected chi connectivity index (χ0v) is 23.3. The number of rotatable bonds is 9. The highest BCUT2D eigenvalue weighted by atomic mass is 32.2. The summed E-state index contributed by atoms with van der Waals surface area (Å²) < 4.78 is 0. The Labute approximate surface area is 238 Å². The molecule has 9 heteroatoms. The zero-order chi connectivity index (χ0) is 28.1. The molecular weight excluding hydrogens is 522 g/mol. The Kier molecular flexibility index (Phi) is 8.40. The lowest BCUT2D eigenvalue weighted by molar-refractivity contribution is -0.126. The molecule has 2 heterocycles. The van der Waals surface area contributed by atoms with Crippen LogP contribution in [0.3, 0.4) is 0 Å². The van der Waals surface area contributed by atoms with Crippen LogP contribution in [0.1, 0.15) is 36.5 Å². The lowest BCUT2D eigenvalue weighted by Gasteiger charge is -2.32. The summed E-state index contributed by atoms with van der Waals surface area (Å²) in [6.45, 7) is 4.37. The molecule has 2 N–H and O–H groups in total. The van der Waals surface area contributed by atoms with Gasteiger partial charge in [-0.15, -0.1) is 0 Å². The maximum Gasteiger partial charge on any atom is 0.271 e. The number of aliphatic imine (C=N–C) groups is 2. The molecule has 2 atom stereocenters. The van der Waals surface area contributed by atoms with E-state index in [1.54, 1.807) is 4.90 Å². The van der Waals surface area contributed by atoms with Crippen LogP contribution < -0.4 is 10.6 Å². The molecule has 3 amide bonds. The van der Waals surface area contributed by atoms with Gasteiger partial charge in [0, 0.05) is 17.8 Å². The normalized spacial score (nSPS) is 16.4. The van der Waals surface area contributed by atoms with E-state index in [1.807, 2.05) is 92.7 Å². The number of aryl methyl sites for hydroxylation is 1. The largest absolute Gasteiger partial charge is 0.356 e. The summed E-state index contributed by atoms with van der Waals surface area (Å²) in [5.41, 5.74) is 4.30. The average Bonchev–Trinajstić information content (AvgIpc) is 3.28. The number of hydrogen-bond acceptors (Lipinski definition) is 6. The van der Waals surface area contributed by atoms with E-state index in [9.17, 15) is 14.4 Å². The topological polar surface area (TPSA) is 103 Å². The molecule has 2 aliphatic rings. The van der Waals surface area contributed by atoms with Crippen molar-refractivity contribution in [2.45, 2.75) is 44.4 Å². The monoisotopic (exact) mass is 553 g/mol. The van der Waals surface area contributed by atoms with Gasteiger partial charge in [-0.1, -0.05) is 73.3 Å². The van der Waals surface area contributed by atoms with Crippen LogP contribution in [0.2, 0.25) is 0 Å². The van der Waals surface area contributed by atoms with E-state index < -0.39 is 17.2 Å². The Bertz CT molecular complexity index is 1490. The number of thioether (sulfide) groups is 1. The van der Waals surface area contributed by atoms with Crippen LogP contribution in [0.4, 0.5) is 11.4 Å². The highest BCUT2D eigenvalue weighted by Crippen LogP contribution is 2.36. The molecule has 0 bridgehead atoms. The van der Waals surface area contributed by atoms with Gasteiger partial charge in [-0.3, -0.25) is 19.3 Å². The third-order valence-corrected chi connectivity index (χ3v) is 8.09. The minimum Gasteiger partial charge on any atom is -0.356 e. The lowest BCUT2D eigenvalue weighted by atomic mass is 10.1. The highest BCUT2D eigenvalue weighted by molar-refractivity contribution is 8.15. The van der Waals surface area contributed by atoms with E-state index >= 15 is 0 Å². The summed E-state index contributed by atoms with van der Waals surface area (Å²) in [5, 5.41) is 5.94. The van der Waals surface area contributed by atoms with Crippen LogP contribution in [0, 0.1) is 6.92 Å². The molecule has 0 spiro atoms. The number of benzene rings is 3. The number of para-hydroxylation sites is 1. The lowest BCUT2D eigenvalue weighted by Crippen LogP contribution is -2.47. The minimum atomic E-state index is -0.830. The molecule has 0 aromatic heterocycles. The molecule has 204 valence electrons. The number of nitrogens with zero attached hydrogens (tertiary/aromatic N) is 3. The number of hydrogen-bond donors (Lipinski definition) is 2. The second kappa shape index (κ2) is 12.3. The molecule has 0 saturated carbocycles. The van der Waals surface area contributed by atoms with Gasteiger partial charge in [0.05, 0.1) is 17.4 Å². The van der Waals surface area contributed by atoms with Crippen molar-refractivity contribution < 1.29 is 14.4 Å². The first-order valence-corrected chi connectivity index (χ1v) is 14.3. The first-order chi connectivity index (χ1) is 19.4. The predicted octanol–water partition coefficient (Wildman–Crippen LogP) is 4.85. The Morgan fingerprint density at radius 1 is 1.00 bits per heavy atom. The van der Waals surface area contributed by atoms with Gasteiger partial charge < -0.3 is 10.6 Å². The molecule has 0 fully saturated rings. The fraction of sp³-hybridized carbons (Fsp3) is 0.258. The number of amides is 3. The molecule has 0 radical (unpaired) electrons. The molecule has 3 aromatic carbocycles. The molecule has 3 aromatic rings. The molecule has 2 unspecified atom stereocenters. The van der Waals surface area contributed by atoms with Gasteiger partial charge >= 0.3 is 0 Å². The van der Waals surface area contributed by atoms with Crippen LogP contribution in [0.5, 0.6) is 0 Å². The number of amidine groups is 2. The number of carbonyl (C=O) groups is 3. The van der Waals surface area contributed by atoms with Crippen molar-refractivity contribution >= 4 is 51.9 Å². The van der Waals surface area contributed by atoms with E-state index in [0.717, 1.165) is 22.4 Å². The molecule has 5 rings (SSSR count). The van der Waals surface area contributed by atoms with E-state index in [0.29, 0.717) is 36.1 Å². The summed E-state index contributed by atoms with van der Waals surface area (Å²) in [6, 6.07) is 24.2. The van der Waals surface area contributed by atoms with Crippen molar-refractivity contribution in [2.24, 2.45) is 9.98 Å². The second-order valence-electron chi connectivity index (χ2n) is 9.73. The summed E-state index contributed by atoms with van der Waals surface area (Å²) in [4.78, 5) is 50.2. The number of fused-ring (bicyclic) bond motifs is 3. The minimum absolute atomic E-state index is 0.0609. The fourth-order valence-corrected chi connectivity index (χ4v) is 5.78. The third kappa shape index (κ3) is 6.15. The zero-order valence-electron chi connectivity index (χ0n) is 22.5. The van der Waals surface area contributed by atoms with Crippen molar-refractivity contribution in [1.82, 2.24) is 10.2 Å². The summed E-state index contributed by atoms with van der Waals surface area (Å²) in [6.07, 6.45) is 1.18. The molecule has 0 saturated heterocycles. The molecule has 8 nitrogen and oxygen atoms in total. The highest BCUT2D eigenvalue weighted by Gasteiger charge is 2.43. The number of nitrogens with one attached hydrogen (secondary N) is 2. The maximum absolute atomic E-state index is 13.3. The smallest absolute Gasteiger partial charge is 0.271 e. The third-order valence-electron chi connectivity index (χ3n) is 6.76. The van der Waals surface area contributed by atoms with Crippen LogP contribution in [-0.2, 0) is 20.8 Å². The predicted molar refractivity (Wildman–Crippen MR) is 160 cm³/mol. The van der Waals surface area contributed by atoms with Crippen molar-refractivity contribution in [1.29, 1.82) is 0 Å². The van der Waals surface area contributed by atoms with Crippen molar-refractivity contribution in [3.8, 4) is 0 Å². The number of carbonyl (C=O) groups excluding carboxylic acids is 3. The van der Waals surface area contributed by atoms with E-state index in [2.05, 4.69) is 15.6 Å². The van der Waals surface area contributed by atoms with Gasteiger partial charge in [0.15, 0.2) is 5.17 Å². The van der Waals surface area contributed by atoms with Crippen LogP contribution in [0.25, 0.3) is 0 Å². The van der Waals surface area contributed by atoms with Gasteiger partial charge in [-0.05, 0) is 55.2 Å². The van der Waals surface area contributed by atoms with E-state index in [1.165, 1.54) is 11.8 Å². The van der Waals surface area contributed by atoms with Gasteiger partial charge in [0.1, 0.15) is 11.9 Å². The van der Waals surface area contributed by atoms with Crippen molar-refractivity contribution in [3.05, 3.63) is 95.6 Å². The summed E-state index contributed by atoms with van der Waals surface area (Å²) in [5.74, 6) is -0.318. The van der Waals surface area contributed by atoms with Gasteiger partial charge in [0.2, 0.25) is 11.8 Å². The van der Waals surface area contributed by atoms with Crippen LogP contribution >= 0.6 is 11.8 Å². The average molecular weight is 554 g/mol. The van der Waals surface area contributed by atoms with E-state index in [4.69, 9.17) is 4.99 Å². The first-order valence-electron chi connectivity index (χ1n) is 13.4. The standard InChI is InChI=1S/C31H31N5O3S/c1-3-26(30(39)33-22-13-9-10-20(2)18-22)40-31-34-24-15-8-7-14-23(24)28-35-29(38)25(36(28)31)19-27(37)32-17-16-21-11-5-4-6-12-21/h4-15,18,25-26H,3,16-17,19H2,1-2H3,(H,32,37)(H,33,39). The Balaban J connectivity index is 1.33. The van der Waals surface area contributed by atoms with Crippen LogP contribution in [0.15, 0.2) is 88.8 Å². The van der Waals surface area contributed by atoms with Crippen molar-refractivity contribution in [2.75, 3.05) is 11.9 Å². The Hall–Kier alpha value is -4.24. The molecule has 2 aliphatic heterocycles. The van der Waals surface area contributed by atoms with E-state index in [-0.39, 0.29) is 18.2 Å². The maximum atomic E-state index is 13.3. The summed E-state index contributed by atoms with van der Waals surface area (Å²) in [7, 11) is 0. The SMILES string of the molecule is CCC(SC1=Nc2ccccc2C2=NC(=O)C(CC(=O)NCCc3ccccc3)N12)C(=O)Nc1cccc(C)c1. The van der Waals surface area contributed by atoms with Crippen LogP contribution in [-0.4, -0.2) is 51.5 Å². The van der Waals surface area contributed by atoms with Gasteiger partial charge in [-0.2, -0.15) is 4.99 Å². The van der Waals surface area contributed by atoms with Gasteiger partial charge in [-0.25, -0.2) is 4.99 Å². The van der Waals surface area contributed by atoms with Crippen molar-refractivity contribution in [3.63, 3.8) is 0 Å². The quantitative estimate of drug-likeness (QED) is 0.394. The Morgan fingerprint density at radius 2 is 1.77 bits per heavy atom. The molecule has 0 aliphatic carbocycles. The fourth-order valence-electron chi connectivity index (χ4n) is 4.72. The molecule has 40 heavy (non-hydrogen) atoms. The molecular formula is C31H31N5O3S. The summed E-state index contributed by atoms with van der Waals surface area (Å²) >= 11 is 1.28.